The van der Waals surface area contributed by atoms with Crippen molar-refractivity contribution in [2.24, 2.45) is 0 Å². The summed E-state index contributed by atoms with van der Waals surface area (Å²) in [4.78, 5) is 5.26. The van der Waals surface area contributed by atoms with Crippen LogP contribution in [-0.2, 0) is 0 Å². The molecule has 3 aromatic rings. The Bertz CT molecular complexity index is 553. The third-order valence-electron chi connectivity index (χ3n) is 2.19. The van der Waals surface area contributed by atoms with Crippen LogP contribution in [0.5, 0.6) is 0 Å². The van der Waals surface area contributed by atoms with Crippen LogP contribution in [0, 0.1) is 0 Å². The van der Waals surface area contributed by atoms with Crippen molar-refractivity contribution in [2.75, 3.05) is 0 Å². The van der Waals surface area contributed by atoms with Gasteiger partial charge in [-0.25, -0.2) is 0 Å². The Morgan fingerprint density at radius 1 is 1.21 bits per heavy atom. The maximum absolute atomic E-state index is 5.34. The van der Waals surface area contributed by atoms with E-state index in [0.29, 0.717) is 0 Å². The SMILES string of the molecule is c1cc(-c2cncs2)c2ccoc2c1. The van der Waals surface area contributed by atoms with Gasteiger partial charge in [0.2, 0.25) is 0 Å². The number of hydrogen-bond donors (Lipinski definition) is 0. The number of aromatic nitrogens is 1. The van der Waals surface area contributed by atoms with Crippen LogP contribution in [0.2, 0.25) is 0 Å². The summed E-state index contributed by atoms with van der Waals surface area (Å²) in [5.74, 6) is 0. The third-order valence-corrected chi connectivity index (χ3v) is 3.00. The second-order valence-electron chi connectivity index (χ2n) is 3.00. The molecule has 0 atom stereocenters. The van der Waals surface area contributed by atoms with Crippen molar-refractivity contribution < 1.29 is 4.42 Å². The van der Waals surface area contributed by atoms with Crippen molar-refractivity contribution in [1.29, 1.82) is 0 Å². The first-order chi connectivity index (χ1) is 6.95. The summed E-state index contributed by atoms with van der Waals surface area (Å²) < 4.78 is 5.34. The second-order valence-corrected chi connectivity index (χ2v) is 3.89. The van der Waals surface area contributed by atoms with Gasteiger partial charge in [-0.1, -0.05) is 12.1 Å². The zero-order chi connectivity index (χ0) is 9.38. The van der Waals surface area contributed by atoms with E-state index in [1.54, 1.807) is 17.6 Å². The van der Waals surface area contributed by atoms with Gasteiger partial charge < -0.3 is 4.42 Å². The maximum atomic E-state index is 5.34. The van der Waals surface area contributed by atoms with E-state index in [1.807, 2.05) is 29.9 Å². The van der Waals surface area contributed by atoms with E-state index in [2.05, 4.69) is 11.1 Å². The van der Waals surface area contributed by atoms with Gasteiger partial charge in [-0.3, -0.25) is 4.98 Å². The number of fused-ring (bicyclic) bond motifs is 1. The van der Waals surface area contributed by atoms with Crippen LogP contribution in [0.3, 0.4) is 0 Å². The van der Waals surface area contributed by atoms with E-state index in [0.717, 1.165) is 11.0 Å². The molecule has 3 heteroatoms. The van der Waals surface area contributed by atoms with Crippen LogP contribution in [0.1, 0.15) is 0 Å². The quantitative estimate of drug-likeness (QED) is 0.601. The molecule has 2 nitrogen and oxygen atoms in total. The Labute approximate surface area is 84.8 Å². The zero-order valence-corrected chi connectivity index (χ0v) is 8.12. The van der Waals surface area contributed by atoms with Crippen LogP contribution < -0.4 is 0 Å². The first-order valence-electron chi connectivity index (χ1n) is 4.30. The number of nitrogens with zero attached hydrogens (tertiary/aromatic N) is 1. The van der Waals surface area contributed by atoms with Gasteiger partial charge in [0.05, 0.1) is 16.7 Å². The smallest absolute Gasteiger partial charge is 0.134 e. The Morgan fingerprint density at radius 3 is 3.07 bits per heavy atom. The summed E-state index contributed by atoms with van der Waals surface area (Å²) in [6.45, 7) is 0. The molecule has 0 N–H and O–H groups in total. The molecule has 68 valence electrons. The molecule has 0 aliphatic carbocycles. The second kappa shape index (κ2) is 2.96. The molecule has 2 aromatic heterocycles. The van der Waals surface area contributed by atoms with E-state index < -0.39 is 0 Å². The monoisotopic (exact) mass is 201 g/mol. The minimum Gasteiger partial charge on any atom is -0.464 e. The van der Waals surface area contributed by atoms with E-state index in [9.17, 15) is 0 Å². The molecule has 0 bridgehead atoms. The Morgan fingerprint density at radius 2 is 2.21 bits per heavy atom. The Hall–Kier alpha value is -1.61. The normalized spacial score (nSPS) is 10.9. The minimum absolute atomic E-state index is 0.927. The summed E-state index contributed by atoms with van der Waals surface area (Å²) in [5.41, 5.74) is 3.96. The molecule has 3 rings (SSSR count). The van der Waals surface area contributed by atoms with Gasteiger partial charge in [0.25, 0.3) is 0 Å². The van der Waals surface area contributed by atoms with Crippen LogP contribution in [0.15, 0.2) is 46.7 Å². The molecule has 0 fully saturated rings. The molecule has 0 aliphatic heterocycles. The molecular formula is C11H7NOS. The lowest BCUT2D eigenvalue weighted by Crippen LogP contribution is -1.72. The summed E-state index contributed by atoms with van der Waals surface area (Å²) in [6.07, 6.45) is 3.60. The lowest BCUT2D eigenvalue weighted by Gasteiger charge is -1.97. The van der Waals surface area contributed by atoms with E-state index in [4.69, 9.17) is 4.42 Å². The number of benzene rings is 1. The highest BCUT2D eigenvalue weighted by Gasteiger charge is 2.05. The van der Waals surface area contributed by atoms with Crippen molar-refractivity contribution in [2.45, 2.75) is 0 Å². The van der Waals surface area contributed by atoms with Gasteiger partial charge in [0, 0.05) is 17.1 Å². The van der Waals surface area contributed by atoms with E-state index in [-0.39, 0.29) is 0 Å². The lowest BCUT2D eigenvalue weighted by molar-refractivity contribution is 0.616. The molecule has 0 amide bonds. The molecule has 0 aliphatic rings. The fraction of sp³-hybridized carbons (Fsp3) is 0. The van der Waals surface area contributed by atoms with E-state index >= 15 is 0 Å². The fourth-order valence-corrected chi connectivity index (χ4v) is 2.22. The van der Waals surface area contributed by atoms with Crippen LogP contribution in [0.4, 0.5) is 0 Å². The fourth-order valence-electron chi connectivity index (χ4n) is 1.56. The van der Waals surface area contributed by atoms with Crippen molar-refractivity contribution in [3.8, 4) is 10.4 Å². The predicted octanol–water partition coefficient (Wildman–Crippen LogP) is 3.56. The molecule has 0 spiro atoms. The minimum atomic E-state index is 0.927. The number of thiazole rings is 1. The third kappa shape index (κ3) is 1.06. The maximum Gasteiger partial charge on any atom is 0.134 e. The number of hydrogen-bond acceptors (Lipinski definition) is 3. The largest absolute Gasteiger partial charge is 0.464 e. The highest BCUT2D eigenvalue weighted by Crippen LogP contribution is 2.31. The molecule has 0 unspecified atom stereocenters. The summed E-state index contributed by atoms with van der Waals surface area (Å²) in [6, 6.07) is 8.05. The topological polar surface area (TPSA) is 26.0 Å². The molecule has 0 saturated heterocycles. The van der Waals surface area contributed by atoms with Gasteiger partial charge in [0.15, 0.2) is 0 Å². The number of rotatable bonds is 1. The predicted molar refractivity (Wildman–Crippen MR) is 57.3 cm³/mol. The zero-order valence-electron chi connectivity index (χ0n) is 7.31. The summed E-state index contributed by atoms with van der Waals surface area (Å²) in [5, 5.41) is 1.15. The molecule has 0 saturated carbocycles. The van der Waals surface area contributed by atoms with Crippen LogP contribution in [0.25, 0.3) is 21.4 Å². The molecule has 2 heterocycles. The molecule has 1 aromatic carbocycles. The lowest BCUT2D eigenvalue weighted by atomic mass is 10.1. The first-order valence-corrected chi connectivity index (χ1v) is 5.18. The molecular weight excluding hydrogens is 194 g/mol. The van der Waals surface area contributed by atoms with Crippen LogP contribution in [-0.4, -0.2) is 4.98 Å². The van der Waals surface area contributed by atoms with Gasteiger partial charge in [0.1, 0.15) is 5.58 Å². The van der Waals surface area contributed by atoms with Gasteiger partial charge >= 0.3 is 0 Å². The van der Waals surface area contributed by atoms with Crippen molar-refractivity contribution in [3.63, 3.8) is 0 Å². The van der Waals surface area contributed by atoms with Crippen molar-refractivity contribution >= 4 is 22.3 Å². The summed E-state index contributed by atoms with van der Waals surface area (Å²) >= 11 is 1.64. The van der Waals surface area contributed by atoms with Gasteiger partial charge in [-0.05, 0) is 12.1 Å². The highest BCUT2D eigenvalue weighted by atomic mass is 32.1. The number of furan rings is 1. The Kier molecular flexibility index (Phi) is 1.64. The first kappa shape index (κ1) is 7.76. The molecule has 14 heavy (non-hydrogen) atoms. The highest BCUT2D eigenvalue weighted by molar-refractivity contribution is 7.13. The van der Waals surface area contributed by atoms with Crippen LogP contribution >= 0.6 is 11.3 Å². The van der Waals surface area contributed by atoms with Gasteiger partial charge in [-0.2, -0.15) is 0 Å². The van der Waals surface area contributed by atoms with E-state index in [1.165, 1.54) is 10.4 Å². The molecule has 0 radical (unpaired) electrons. The van der Waals surface area contributed by atoms with Crippen molar-refractivity contribution in [3.05, 3.63) is 42.2 Å². The van der Waals surface area contributed by atoms with Gasteiger partial charge in [-0.15, -0.1) is 11.3 Å². The Balaban J connectivity index is 2.36. The average Bonchev–Trinajstić information content (AvgIpc) is 2.88. The standard InChI is InChI=1S/C11H7NOS/c1-2-9(11-6-12-7-14-11)8-4-5-13-10(8)3-1/h1-7H. The average molecular weight is 201 g/mol. The van der Waals surface area contributed by atoms with Crippen molar-refractivity contribution in [1.82, 2.24) is 4.98 Å². The summed E-state index contributed by atoms with van der Waals surface area (Å²) in [7, 11) is 0.